The van der Waals surface area contributed by atoms with E-state index in [9.17, 15) is 9.59 Å². The Labute approximate surface area is 178 Å². The van der Waals surface area contributed by atoms with Crippen molar-refractivity contribution in [2.75, 3.05) is 13.7 Å². The highest BCUT2D eigenvalue weighted by Gasteiger charge is 2.35. The summed E-state index contributed by atoms with van der Waals surface area (Å²) < 4.78 is 10.9. The summed E-state index contributed by atoms with van der Waals surface area (Å²) in [5.74, 6) is -0.168. The van der Waals surface area contributed by atoms with Crippen molar-refractivity contribution in [2.45, 2.75) is 65.0 Å². The number of carbonyl (C=O) groups excluding carboxylic acids is 2. The maximum atomic E-state index is 12.6. The van der Waals surface area contributed by atoms with Gasteiger partial charge in [-0.15, -0.1) is 0 Å². The topological polar surface area (TPSA) is 80.4 Å². The first-order valence-electron chi connectivity index (χ1n) is 10.9. The van der Waals surface area contributed by atoms with Crippen molar-refractivity contribution in [3.8, 4) is 0 Å². The van der Waals surface area contributed by atoms with Gasteiger partial charge in [0.1, 0.15) is 12.6 Å². The Morgan fingerprint density at radius 2 is 2.07 bits per heavy atom. The molecule has 3 atom stereocenters. The van der Waals surface area contributed by atoms with Gasteiger partial charge in [-0.1, -0.05) is 45.4 Å². The van der Waals surface area contributed by atoms with E-state index in [1.54, 1.807) is 0 Å². The van der Waals surface area contributed by atoms with Crippen LogP contribution in [0.3, 0.4) is 0 Å². The number of rotatable bonds is 8. The monoisotopic (exact) mass is 414 g/mol. The molecule has 1 saturated carbocycles. The van der Waals surface area contributed by atoms with Crippen LogP contribution in [0.2, 0.25) is 0 Å². The van der Waals surface area contributed by atoms with E-state index in [1.165, 1.54) is 13.5 Å². The fraction of sp³-hybridized carbons (Fsp3) is 0.583. The number of fused-ring (bicyclic) bond motifs is 1. The van der Waals surface area contributed by atoms with Crippen molar-refractivity contribution >= 4 is 22.8 Å². The lowest BCUT2D eigenvalue weighted by molar-refractivity contribution is -0.146. The zero-order chi connectivity index (χ0) is 21.7. The molecule has 2 N–H and O–H groups in total. The van der Waals surface area contributed by atoms with Crippen LogP contribution in [-0.4, -0.2) is 42.7 Å². The lowest BCUT2D eigenvalue weighted by Gasteiger charge is -2.41. The number of methoxy groups -OCH3 is 1. The molecule has 0 radical (unpaired) electrons. The minimum absolute atomic E-state index is 0.0414. The summed E-state index contributed by atoms with van der Waals surface area (Å²) in [6.45, 7) is 6.77. The van der Waals surface area contributed by atoms with Gasteiger partial charge < -0.3 is 19.8 Å². The number of nitrogens with one attached hydrogen (secondary N) is 2. The maximum absolute atomic E-state index is 12.6. The maximum Gasteiger partial charge on any atom is 0.328 e. The van der Waals surface area contributed by atoms with Crippen LogP contribution in [0.5, 0.6) is 0 Å². The number of hydrogen-bond acceptors (Lipinski definition) is 4. The van der Waals surface area contributed by atoms with Gasteiger partial charge in [0.05, 0.1) is 13.2 Å². The first-order valence-corrected chi connectivity index (χ1v) is 10.9. The second kappa shape index (κ2) is 9.65. The zero-order valence-electron chi connectivity index (χ0n) is 18.5. The summed E-state index contributed by atoms with van der Waals surface area (Å²) in [5.41, 5.74) is 2.21. The van der Waals surface area contributed by atoms with Gasteiger partial charge in [-0.05, 0) is 42.2 Å². The average Bonchev–Trinajstić information content (AvgIpc) is 3.14. The van der Waals surface area contributed by atoms with E-state index in [-0.39, 0.29) is 24.0 Å². The number of aromatic nitrogens is 1. The molecule has 0 aliphatic heterocycles. The van der Waals surface area contributed by atoms with Gasteiger partial charge >= 0.3 is 5.97 Å². The third kappa shape index (κ3) is 5.22. The molecule has 6 nitrogen and oxygen atoms in total. The summed E-state index contributed by atoms with van der Waals surface area (Å²) >= 11 is 0. The fourth-order valence-electron chi connectivity index (χ4n) is 4.41. The lowest BCUT2D eigenvalue weighted by atomic mass is 9.67. The van der Waals surface area contributed by atoms with Crippen molar-refractivity contribution in [2.24, 2.45) is 11.3 Å². The highest BCUT2D eigenvalue weighted by atomic mass is 16.5. The Hall–Kier alpha value is -2.34. The third-order valence-electron chi connectivity index (χ3n) is 6.73. The van der Waals surface area contributed by atoms with Crippen LogP contribution in [-0.2, 0) is 25.5 Å². The zero-order valence-corrected chi connectivity index (χ0v) is 18.5. The highest BCUT2D eigenvalue weighted by molar-refractivity contribution is 5.87. The standard InChI is InChI=1S/C24H34N2O4/c1-16(2)24(3)11-7-8-18(13-24)30-15-22(27)26-21(23(28)29-4)12-17-14-25-20-10-6-5-9-19(17)20/h5-6,9-10,14,16,18,21,25H,7-8,11-13,15H2,1-4H3,(H,26,27)/t18?,21-,24?/m1/s1. The number of carbonyl (C=O) groups is 2. The van der Waals surface area contributed by atoms with Gasteiger partial charge in [-0.3, -0.25) is 4.79 Å². The molecule has 0 bridgehead atoms. The lowest BCUT2D eigenvalue weighted by Crippen LogP contribution is -2.45. The van der Waals surface area contributed by atoms with E-state index in [0.29, 0.717) is 12.3 Å². The van der Waals surface area contributed by atoms with Crippen molar-refractivity contribution < 1.29 is 19.1 Å². The van der Waals surface area contributed by atoms with Crippen molar-refractivity contribution in [1.29, 1.82) is 0 Å². The molecular formula is C24H34N2O4. The van der Waals surface area contributed by atoms with Crippen LogP contribution >= 0.6 is 0 Å². The molecule has 164 valence electrons. The SMILES string of the molecule is COC(=O)[C@@H](Cc1c[nH]c2ccccc12)NC(=O)COC1CCCC(C)(C(C)C)C1. The quantitative estimate of drug-likeness (QED) is 0.640. The smallest absolute Gasteiger partial charge is 0.328 e. The van der Waals surface area contributed by atoms with E-state index >= 15 is 0 Å². The minimum Gasteiger partial charge on any atom is -0.467 e. The molecule has 1 aromatic carbocycles. The van der Waals surface area contributed by atoms with Gasteiger partial charge in [-0.25, -0.2) is 4.79 Å². The van der Waals surface area contributed by atoms with Crippen LogP contribution in [0.1, 0.15) is 52.0 Å². The molecule has 30 heavy (non-hydrogen) atoms. The van der Waals surface area contributed by atoms with E-state index in [1.807, 2.05) is 30.5 Å². The Kier molecular flexibility index (Phi) is 7.19. The van der Waals surface area contributed by atoms with Gasteiger partial charge in [0.15, 0.2) is 0 Å². The summed E-state index contributed by atoms with van der Waals surface area (Å²) in [6, 6.07) is 7.13. The molecule has 2 unspecified atom stereocenters. The molecule has 6 heteroatoms. The fourth-order valence-corrected chi connectivity index (χ4v) is 4.41. The van der Waals surface area contributed by atoms with Crippen LogP contribution < -0.4 is 5.32 Å². The third-order valence-corrected chi connectivity index (χ3v) is 6.73. The molecule has 1 amide bonds. The average molecular weight is 415 g/mol. The van der Waals surface area contributed by atoms with Crippen LogP contribution in [0, 0.1) is 11.3 Å². The van der Waals surface area contributed by atoms with E-state index in [4.69, 9.17) is 9.47 Å². The number of aromatic amines is 1. The molecule has 1 aliphatic rings. The van der Waals surface area contributed by atoms with Gasteiger partial charge in [-0.2, -0.15) is 0 Å². The normalized spacial score (nSPS) is 22.8. The number of para-hydroxylation sites is 1. The van der Waals surface area contributed by atoms with E-state index < -0.39 is 12.0 Å². The van der Waals surface area contributed by atoms with Gasteiger partial charge in [0.25, 0.3) is 0 Å². The molecule has 1 heterocycles. The summed E-state index contributed by atoms with van der Waals surface area (Å²) in [5, 5.41) is 3.84. The number of H-pyrrole nitrogens is 1. The number of esters is 1. The molecule has 3 rings (SSSR count). The molecule has 1 fully saturated rings. The minimum atomic E-state index is -0.752. The molecule has 0 saturated heterocycles. The Morgan fingerprint density at radius 1 is 1.30 bits per heavy atom. The second-order valence-electron chi connectivity index (χ2n) is 9.04. The largest absolute Gasteiger partial charge is 0.467 e. The summed E-state index contributed by atoms with van der Waals surface area (Å²) in [4.78, 5) is 28.0. The highest BCUT2D eigenvalue weighted by Crippen LogP contribution is 2.42. The van der Waals surface area contributed by atoms with Crippen LogP contribution in [0.4, 0.5) is 0 Å². The number of hydrogen-bond donors (Lipinski definition) is 2. The number of ether oxygens (including phenoxy) is 2. The summed E-state index contributed by atoms with van der Waals surface area (Å²) in [6.07, 6.45) is 6.58. The van der Waals surface area contributed by atoms with Crippen molar-refractivity contribution in [1.82, 2.24) is 10.3 Å². The van der Waals surface area contributed by atoms with E-state index in [0.717, 1.165) is 35.7 Å². The molecule has 1 aromatic heterocycles. The first-order chi connectivity index (χ1) is 14.3. The molecule has 1 aliphatic carbocycles. The van der Waals surface area contributed by atoms with Gasteiger partial charge in [0, 0.05) is 23.5 Å². The molecule has 2 aromatic rings. The molecular weight excluding hydrogens is 380 g/mol. The molecule has 0 spiro atoms. The van der Waals surface area contributed by atoms with E-state index in [2.05, 4.69) is 31.1 Å². The number of benzene rings is 1. The second-order valence-corrected chi connectivity index (χ2v) is 9.04. The van der Waals surface area contributed by atoms with Crippen molar-refractivity contribution in [3.63, 3.8) is 0 Å². The first kappa shape index (κ1) is 22.3. The van der Waals surface area contributed by atoms with Crippen LogP contribution in [0.25, 0.3) is 10.9 Å². The predicted molar refractivity (Wildman–Crippen MR) is 117 cm³/mol. The summed E-state index contributed by atoms with van der Waals surface area (Å²) in [7, 11) is 1.34. The Balaban J connectivity index is 1.58. The Morgan fingerprint density at radius 3 is 2.80 bits per heavy atom. The Bertz CT molecular complexity index is 875. The van der Waals surface area contributed by atoms with Crippen LogP contribution in [0.15, 0.2) is 30.5 Å². The number of amides is 1. The predicted octanol–water partition coefficient (Wildman–Crippen LogP) is 3.99. The van der Waals surface area contributed by atoms with Crippen molar-refractivity contribution in [3.05, 3.63) is 36.0 Å². The van der Waals surface area contributed by atoms with Gasteiger partial charge in [0.2, 0.25) is 5.91 Å².